The normalized spacial score (nSPS) is 15.2. The van der Waals surface area contributed by atoms with Gasteiger partial charge in [0.1, 0.15) is 0 Å². The molecule has 0 rings (SSSR count). The summed E-state index contributed by atoms with van der Waals surface area (Å²) in [6, 6.07) is 0. The van der Waals surface area contributed by atoms with E-state index in [9.17, 15) is 9.90 Å². The molecule has 0 saturated carbocycles. The summed E-state index contributed by atoms with van der Waals surface area (Å²) in [4.78, 5) is 11.1. The van der Waals surface area contributed by atoms with Crippen molar-refractivity contribution in [1.82, 2.24) is 0 Å². The van der Waals surface area contributed by atoms with Gasteiger partial charge in [-0.3, -0.25) is 0 Å². The van der Waals surface area contributed by atoms with Gasteiger partial charge >= 0.3 is 5.97 Å². The predicted octanol–water partition coefficient (Wildman–Crippen LogP) is 4.15. The molecule has 20 heavy (non-hydrogen) atoms. The van der Waals surface area contributed by atoms with E-state index in [-0.39, 0.29) is 10.8 Å². The van der Waals surface area contributed by atoms with Crippen LogP contribution in [0.3, 0.4) is 0 Å². The zero-order chi connectivity index (χ0) is 15.8. The SMILES string of the molecule is COC(=O)/C=C(\C)CC/C=C(\C)CCC(Br)C(C)(C)O. The van der Waals surface area contributed by atoms with E-state index >= 15 is 0 Å². The van der Waals surface area contributed by atoms with Crippen molar-refractivity contribution in [2.24, 2.45) is 0 Å². The second kappa shape index (κ2) is 9.35. The first-order chi connectivity index (χ1) is 9.16. The number of rotatable bonds is 8. The first-order valence-corrected chi connectivity index (χ1v) is 7.85. The van der Waals surface area contributed by atoms with Crippen molar-refractivity contribution >= 4 is 21.9 Å². The largest absolute Gasteiger partial charge is 0.466 e. The maximum atomic E-state index is 11.0. The van der Waals surface area contributed by atoms with Crippen LogP contribution in [0.25, 0.3) is 0 Å². The van der Waals surface area contributed by atoms with Gasteiger partial charge in [-0.05, 0) is 53.4 Å². The molecule has 1 N–H and O–H groups in total. The monoisotopic (exact) mass is 346 g/mol. The third-order valence-electron chi connectivity index (χ3n) is 3.16. The lowest BCUT2D eigenvalue weighted by Crippen LogP contribution is -2.31. The van der Waals surface area contributed by atoms with Gasteiger partial charge in [0.2, 0.25) is 0 Å². The van der Waals surface area contributed by atoms with Gasteiger partial charge in [-0.2, -0.15) is 0 Å². The minimum absolute atomic E-state index is 0.0966. The van der Waals surface area contributed by atoms with Crippen LogP contribution in [0.5, 0.6) is 0 Å². The van der Waals surface area contributed by atoms with Crippen LogP contribution < -0.4 is 0 Å². The highest BCUT2D eigenvalue weighted by Crippen LogP contribution is 2.24. The molecule has 0 aliphatic carbocycles. The Morgan fingerprint density at radius 3 is 2.40 bits per heavy atom. The van der Waals surface area contributed by atoms with Crippen molar-refractivity contribution < 1.29 is 14.6 Å². The number of halogens is 1. The Labute approximate surface area is 131 Å². The van der Waals surface area contributed by atoms with Gasteiger partial charge in [-0.1, -0.05) is 33.2 Å². The van der Waals surface area contributed by atoms with Crippen molar-refractivity contribution in [3.8, 4) is 0 Å². The quantitative estimate of drug-likeness (QED) is 0.311. The van der Waals surface area contributed by atoms with Gasteiger partial charge in [0.25, 0.3) is 0 Å². The molecule has 1 unspecified atom stereocenters. The topological polar surface area (TPSA) is 46.5 Å². The predicted molar refractivity (Wildman–Crippen MR) is 87.0 cm³/mol. The number of alkyl halides is 1. The number of carbonyl (C=O) groups is 1. The van der Waals surface area contributed by atoms with Crippen LogP contribution in [0.15, 0.2) is 23.3 Å². The van der Waals surface area contributed by atoms with Gasteiger partial charge in [0.15, 0.2) is 0 Å². The van der Waals surface area contributed by atoms with Crippen LogP contribution in [-0.2, 0) is 9.53 Å². The van der Waals surface area contributed by atoms with Crippen LogP contribution in [0.1, 0.15) is 53.4 Å². The highest BCUT2D eigenvalue weighted by molar-refractivity contribution is 9.09. The second-order valence-electron chi connectivity index (χ2n) is 5.76. The highest BCUT2D eigenvalue weighted by Gasteiger charge is 2.23. The second-order valence-corrected chi connectivity index (χ2v) is 6.87. The molecular formula is C16H27BrO3. The fraction of sp³-hybridized carbons (Fsp3) is 0.688. The molecule has 0 radical (unpaired) electrons. The van der Waals surface area contributed by atoms with E-state index in [1.165, 1.54) is 18.8 Å². The molecule has 116 valence electrons. The molecule has 3 nitrogen and oxygen atoms in total. The van der Waals surface area contributed by atoms with E-state index in [4.69, 9.17) is 0 Å². The number of hydrogen-bond acceptors (Lipinski definition) is 3. The van der Waals surface area contributed by atoms with E-state index in [0.717, 1.165) is 31.3 Å². The summed E-state index contributed by atoms with van der Waals surface area (Å²) >= 11 is 3.52. The molecule has 1 atom stereocenters. The van der Waals surface area contributed by atoms with Crippen molar-refractivity contribution in [2.75, 3.05) is 7.11 Å². The molecule has 0 aliphatic rings. The lowest BCUT2D eigenvalue weighted by molar-refractivity contribution is -0.134. The Kier molecular flexibility index (Phi) is 9.06. The molecule has 0 aromatic rings. The van der Waals surface area contributed by atoms with Gasteiger partial charge in [-0.15, -0.1) is 0 Å². The smallest absolute Gasteiger partial charge is 0.330 e. The first kappa shape index (κ1) is 19.4. The average Bonchev–Trinajstić information content (AvgIpc) is 2.34. The molecule has 0 saturated heterocycles. The van der Waals surface area contributed by atoms with Gasteiger partial charge < -0.3 is 9.84 Å². The number of hydrogen-bond donors (Lipinski definition) is 1. The Morgan fingerprint density at radius 2 is 1.90 bits per heavy atom. The van der Waals surface area contributed by atoms with Crippen molar-refractivity contribution in [2.45, 2.75) is 63.8 Å². The van der Waals surface area contributed by atoms with Crippen LogP contribution in [0, 0.1) is 0 Å². The number of carbonyl (C=O) groups excluding carboxylic acids is 1. The first-order valence-electron chi connectivity index (χ1n) is 6.94. The lowest BCUT2D eigenvalue weighted by atomic mass is 9.98. The summed E-state index contributed by atoms with van der Waals surface area (Å²) in [7, 11) is 1.38. The standard InChI is InChI=1S/C16H27BrO3/c1-12(9-10-14(17)16(3,4)19)7-6-8-13(2)11-15(18)20-5/h7,11,14,19H,6,8-10H2,1-5H3/b12-7+,13-11+. The number of methoxy groups -OCH3 is 1. The molecule has 0 aromatic heterocycles. The van der Waals surface area contributed by atoms with Crippen LogP contribution in [0.4, 0.5) is 0 Å². The van der Waals surface area contributed by atoms with Crippen LogP contribution >= 0.6 is 15.9 Å². The van der Waals surface area contributed by atoms with Gasteiger partial charge in [-0.25, -0.2) is 4.79 Å². The maximum absolute atomic E-state index is 11.0. The average molecular weight is 347 g/mol. The Hall–Kier alpha value is -0.610. The third kappa shape index (κ3) is 9.32. The van der Waals surface area contributed by atoms with E-state index in [1.54, 1.807) is 0 Å². The summed E-state index contributed by atoms with van der Waals surface area (Å²) in [5.41, 5.74) is 1.64. The molecule has 0 aliphatic heterocycles. The number of aliphatic hydroxyl groups is 1. The number of allylic oxidation sites excluding steroid dienone is 3. The summed E-state index contributed by atoms with van der Waals surface area (Å²) in [5, 5.41) is 9.84. The van der Waals surface area contributed by atoms with E-state index in [0.29, 0.717) is 0 Å². The minimum Gasteiger partial charge on any atom is -0.466 e. The summed E-state index contributed by atoms with van der Waals surface area (Å²) < 4.78 is 4.59. The number of esters is 1. The zero-order valence-corrected chi connectivity index (χ0v) is 14.8. The lowest BCUT2D eigenvalue weighted by Gasteiger charge is -2.24. The summed E-state index contributed by atoms with van der Waals surface area (Å²) in [6.07, 6.45) is 7.36. The molecule has 0 aromatic carbocycles. The summed E-state index contributed by atoms with van der Waals surface area (Å²) in [6.45, 7) is 7.66. The molecule has 0 heterocycles. The Balaban J connectivity index is 4.09. The van der Waals surface area contributed by atoms with E-state index in [2.05, 4.69) is 33.7 Å². The van der Waals surface area contributed by atoms with Crippen molar-refractivity contribution in [1.29, 1.82) is 0 Å². The molecule has 0 amide bonds. The molecule has 0 bridgehead atoms. The maximum Gasteiger partial charge on any atom is 0.330 e. The Bertz CT molecular complexity index is 364. The number of ether oxygens (including phenoxy) is 1. The van der Waals surface area contributed by atoms with Crippen molar-refractivity contribution in [3.63, 3.8) is 0 Å². The Morgan fingerprint density at radius 1 is 1.30 bits per heavy atom. The van der Waals surface area contributed by atoms with Gasteiger partial charge in [0, 0.05) is 10.9 Å². The highest BCUT2D eigenvalue weighted by atomic mass is 79.9. The fourth-order valence-corrected chi connectivity index (χ4v) is 1.92. The molecule has 0 fully saturated rings. The minimum atomic E-state index is -0.694. The van der Waals surface area contributed by atoms with Crippen LogP contribution in [0.2, 0.25) is 0 Å². The summed E-state index contributed by atoms with van der Waals surface area (Å²) in [5.74, 6) is -0.296. The third-order valence-corrected chi connectivity index (χ3v) is 4.73. The zero-order valence-electron chi connectivity index (χ0n) is 13.2. The van der Waals surface area contributed by atoms with E-state index in [1.807, 2.05) is 20.8 Å². The molecule has 0 spiro atoms. The van der Waals surface area contributed by atoms with Gasteiger partial charge in [0.05, 0.1) is 12.7 Å². The van der Waals surface area contributed by atoms with Crippen LogP contribution in [-0.4, -0.2) is 28.6 Å². The molecular weight excluding hydrogens is 320 g/mol. The van der Waals surface area contributed by atoms with E-state index < -0.39 is 5.60 Å². The van der Waals surface area contributed by atoms with Crippen molar-refractivity contribution in [3.05, 3.63) is 23.3 Å². The fourth-order valence-electron chi connectivity index (χ4n) is 1.69. The molecule has 4 heteroatoms.